The molecule has 0 saturated heterocycles. The lowest BCUT2D eigenvalue weighted by Crippen LogP contribution is -1.91. The van der Waals surface area contributed by atoms with Crippen LogP contribution in [0, 0.1) is 11.3 Å². The molecule has 3 aromatic rings. The van der Waals surface area contributed by atoms with E-state index in [9.17, 15) is 5.26 Å². The van der Waals surface area contributed by atoms with Crippen molar-refractivity contribution in [3.8, 4) is 6.07 Å². The van der Waals surface area contributed by atoms with E-state index in [4.69, 9.17) is 11.6 Å². The molecule has 0 unspecified atom stereocenters. The van der Waals surface area contributed by atoms with Crippen molar-refractivity contribution in [2.75, 3.05) is 0 Å². The SMILES string of the molecule is C=CCn1cc(/C=C(\C#N)c2cccc(Cl)c2)c2ccccc21. The summed E-state index contributed by atoms with van der Waals surface area (Å²) in [6, 6.07) is 17.8. The summed E-state index contributed by atoms with van der Waals surface area (Å²) in [6.45, 7) is 4.53. The Morgan fingerprint density at radius 2 is 2.04 bits per heavy atom. The summed E-state index contributed by atoms with van der Waals surface area (Å²) >= 11 is 6.04. The topological polar surface area (TPSA) is 28.7 Å². The van der Waals surface area contributed by atoms with Crippen molar-refractivity contribution in [3.05, 3.63) is 83.5 Å². The molecule has 0 radical (unpaired) electrons. The second-order valence-electron chi connectivity index (χ2n) is 5.22. The molecular formula is C20H15ClN2. The Morgan fingerprint density at radius 1 is 1.22 bits per heavy atom. The lowest BCUT2D eigenvalue weighted by molar-refractivity contribution is 0.865. The van der Waals surface area contributed by atoms with Crippen molar-refractivity contribution >= 4 is 34.2 Å². The first-order valence-corrected chi connectivity index (χ1v) is 7.67. The first-order chi connectivity index (χ1) is 11.2. The molecule has 112 valence electrons. The lowest BCUT2D eigenvalue weighted by atomic mass is 10.0. The first kappa shape index (κ1) is 15.1. The summed E-state index contributed by atoms with van der Waals surface area (Å²) < 4.78 is 2.13. The van der Waals surface area contributed by atoms with Crippen molar-refractivity contribution in [3.63, 3.8) is 0 Å². The zero-order chi connectivity index (χ0) is 16.2. The molecule has 0 aliphatic carbocycles. The number of fused-ring (bicyclic) bond motifs is 1. The smallest absolute Gasteiger partial charge is 0.0998 e. The van der Waals surface area contributed by atoms with E-state index in [1.165, 1.54) is 0 Å². The second kappa shape index (κ2) is 6.56. The van der Waals surface area contributed by atoms with Crippen LogP contribution in [0.4, 0.5) is 0 Å². The van der Waals surface area contributed by atoms with Gasteiger partial charge in [-0.2, -0.15) is 5.26 Å². The lowest BCUT2D eigenvalue weighted by Gasteiger charge is -2.00. The van der Waals surface area contributed by atoms with Gasteiger partial charge in [0.2, 0.25) is 0 Å². The average Bonchev–Trinajstić information content (AvgIpc) is 2.91. The van der Waals surface area contributed by atoms with Crippen LogP contribution in [0.1, 0.15) is 11.1 Å². The van der Waals surface area contributed by atoms with E-state index in [0.717, 1.165) is 28.6 Å². The van der Waals surface area contributed by atoms with E-state index in [1.807, 2.05) is 42.6 Å². The van der Waals surface area contributed by atoms with Crippen LogP contribution >= 0.6 is 11.6 Å². The van der Waals surface area contributed by atoms with Gasteiger partial charge in [0.1, 0.15) is 0 Å². The molecule has 0 bridgehead atoms. The summed E-state index contributed by atoms with van der Waals surface area (Å²) in [7, 11) is 0. The van der Waals surface area contributed by atoms with Crippen LogP contribution in [-0.2, 0) is 6.54 Å². The Bertz CT molecular complexity index is 942. The largest absolute Gasteiger partial charge is 0.343 e. The minimum atomic E-state index is 0.592. The third kappa shape index (κ3) is 3.06. The number of allylic oxidation sites excluding steroid dienone is 2. The van der Waals surface area contributed by atoms with E-state index >= 15 is 0 Å². The monoisotopic (exact) mass is 318 g/mol. The normalized spacial score (nSPS) is 11.4. The fourth-order valence-corrected chi connectivity index (χ4v) is 2.86. The van der Waals surface area contributed by atoms with E-state index in [-0.39, 0.29) is 0 Å². The number of para-hydroxylation sites is 1. The molecule has 3 rings (SSSR count). The quantitative estimate of drug-likeness (QED) is 0.458. The van der Waals surface area contributed by atoms with Crippen molar-refractivity contribution in [2.24, 2.45) is 0 Å². The Labute approximate surface area is 140 Å². The van der Waals surface area contributed by atoms with Gasteiger partial charge in [0.15, 0.2) is 0 Å². The predicted molar refractivity (Wildman–Crippen MR) is 97.1 cm³/mol. The highest BCUT2D eigenvalue weighted by Gasteiger charge is 2.08. The van der Waals surface area contributed by atoms with Gasteiger partial charge in [-0.25, -0.2) is 0 Å². The van der Waals surface area contributed by atoms with Gasteiger partial charge in [-0.3, -0.25) is 0 Å². The van der Waals surface area contributed by atoms with Crippen LogP contribution in [-0.4, -0.2) is 4.57 Å². The van der Waals surface area contributed by atoms with Gasteiger partial charge in [0.05, 0.1) is 11.6 Å². The van der Waals surface area contributed by atoms with Crippen LogP contribution in [0.15, 0.2) is 67.4 Å². The number of rotatable bonds is 4. The van der Waals surface area contributed by atoms with Gasteiger partial charge in [0, 0.05) is 34.2 Å². The molecule has 0 spiro atoms. The van der Waals surface area contributed by atoms with Crippen molar-refractivity contribution < 1.29 is 0 Å². The molecular weight excluding hydrogens is 304 g/mol. The summed E-state index contributed by atoms with van der Waals surface area (Å²) in [5.74, 6) is 0. The van der Waals surface area contributed by atoms with Crippen LogP contribution in [0.3, 0.4) is 0 Å². The number of hydrogen-bond donors (Lipinski definition) is 0. The number of nitriles is 1. The first-order valence-electron chi connectivity index (χ1n) is 7.29. The van der Waals surface area contributed by atoms with E-state index in [2.05, 4.69) is 29.3 Å². The molecule has 23 heavy (non-hydrogen) atoms. The molecule has 0 fully saturated rings. The van der Waals surface area contributed by atoms with Crippen molar-refractivity contribution in [2.45, 2.75) is 6.54 Å². The van der Waals surface area contributed by atoms with Gasteiger partial charge in [-0.1, -0.05) is 48.0 Å². The van der Waals surface area contributed by atoms with E-state index in [1.54, 1.807) is 12.1 Å². The number of aromatic nitrogens is 1. The van der Waals surface area contributed by atoms with Gasteiger partial charge < -0.3 is 4.57 Å². The predicted octanol–water partition coefficient (Wildman–Crippen LogP) is 5.54. The highest BCUT2D eigenvalue weighted by molar-refractivity contribution is 6.30. The molecule has 3 heteroatoms. The molecule has 0 aliphatic rings. The van der Waals surface area contributed by atoms with Gasteiger partial charge in [-0.05, 0) is 29.8 Å². The Balaban J connectivity index is 2.16. The molecule has 2 aromatic carbocycles. The van der Waals surface area contributed by atoms with Gasteiger partial charge in [-0.15, -0.1) is 6.58 Å². The summed E-state index contributed by atoms with van der Waals surface area (Å²) in [5.41, 5.74) is 3.55. The molecule has 0 aliphatic heterocycles. The summed E-state index contributed by atoms with van der Waals surface area (Å²) in [6.07, 6.45) is 5.82. The maximum atomic E-state index is 9.53. The van der Waals surface area contributed by atoms with Crippen LogP contribution in [0.5, 0.6) is 0 Å². The highest BCUT2D eigenvalue weighted by atomic mass is 35.5. The average molecular weight is 319 g/mol. The molecule has 1 aromatic heterocycles. The highest BCUT2D eigenvalue weighted by Crippen LogP contribution is 2.27. The Hall–Kier alpha value is -2.76. The Morgan fingerprint density at radius 3 is 2.78 bits per heavy atom. The minimum absolute atomic E-state index is 0.592. The summed E-state index contributed by atoms with van der Waals surface area (Å²) in [5, 5.41) is 11.3. The van der Waals surface area contributed by atoms with Crippen molar-refractivity contribution in [1.29, 1.82) is 5.26 Å². The molecule has 0 atom stereocenters. The van der Waals surface area contributed by atoms with Crippen LogP contribution in [0.25, 0.3) is 22.6 Å². The zero-order valence-corrected chi connectivity index (χ0v) is 13.3. The second-order valence-corrected chi connectivity index (χ2v) is 5.66. The molecule has 1 heterocycles. The van der Waals surface area contributed by atoms with Crippen LogP contribution in [0.2, 0.25) is 5.02 Å². The minimum Gasteiger partial charge on any atom is -0.343 e. The summed E-state index contributed by atoms with van der Waals surface area (Å²) in [4.78, 5) is 0. The number of hydrogen-bond acceptors (Lipinski definition) is 1. The molecule has 0 saturated carbocycles. The molecule has 0 N–H and O–H groups in total. The molecule has 2 nitrogen and oxygen atoms in total. The maximum absolute atomic E-state index is 9.53. The van der Waals surface area contributed by atoms with Crippen molar-refractivity contribution in [1.82, 2.24) is 4.57 Å². The molecule has 0 amide bonds. The fraction of sp³-hybridized carbons (Fsp3) is 0.0500. The third-order valence-electron chi connectivity index (χ3n) is 3.70. The van der Waals surface area contributed by atoms with Gasteiger partial charge >= 0.3 is 0 Å². The standard InChI is InChI=1S/C20H15ClN2/c1-2-10-23-14-17(19-8-3-4-9-20(19)23)11-16(13-22)15-6-5-7-18(21)12-15/h2-9,11-12,14H,1,10H2/b16-11+. The Kier molecular flexibility index (Phi) is 4.32. The zero-order valence-electron chi connectivity index (χ0n) is 12.5. The number of halogens is 1. The van der Waals surface area contributed by atoms with Gasteiger partial charge in [0.25, 0.3) is 0 Å². The number of nitrogens with zero attached hydrogens (tertiary/aromatic N) is 2. The van der Waals surface area contributed by atoms with E-state index < -0.39 is 0 Å². The third-order valence-corrected chi connectivity index (χ3v) is 3.94. The number of benzene rings is 2. The fourth-order valence-electron chi connectivity index (χ4n) is 2.67. The van der Waals surface area contributed by atoms with E-state index in [0.29, 0.717) is 10.6 Å². The van der Waals surface area contributed by atoms with Crippen LogP contribution < -0.4 is 0 Å². The maximum Gasteiger partial charge on any atom is 0.0998 e.